The minimum absolute atomic E-state index is 0.0305. The molecule has 3 aliphatic rings. The summed E-state index contributed by atoms with van der Waals surface area (Å²) in [6.45, 7) is 9.17. The van der Waals surface area contributed by atoms with Gasteiger partial charge in [-0.15, -0.1) is 0 Å². The zero-order valence-electron chi connectivity index (χ0n) is 23.8. The van der Waals surface area contributed by atoms with Crippen LogP contribution in [0.1, 0.15) is 71.2 Å². The van der Waals surface area contributed by atoms with Gasteiger partial charge in [0.05, 0.1) is 29.8 Å². The number of fused-ring (bicyclic) bond motifs is 1. The molecule has 1 aromatic carbocycles. The number of aliphatic hydroxyl groups is 4. The van der Waals surface area contributed by atoms with Gasteiger partial charge in [0, 0.05) is 31.6 Å². The monoisotopic (exact) mass is 560 g/mol. The Morgan fingerprint density at radius 3 is 2.27 bits per heavy atom. The van der Waals surface area contributed by atoms with Crippen LogP contribution in [0, 0.1) is 10.8 Å². The summed E-state index contributed by atoms with van der Waals surface area (Å²) in [6.07, 6.45) is -6.20. The van der Waals surface area contributed by atoms with Crippen molar-refractivity contribution in [3.8, 4) is 0 Å². The van der Waals surface area contributed by atoms with Crippen LogP contribution in [-0.4, -0.2) is 86.5 Å². The largest absolute Gasteiger partial charge is 0.456 e. The van der Waals surface area contributed by atoms with Crippen molar-refractivity contribution in [2.45, 2.75) is 103 Å². The lowest BCUT2D eigenvalue weighted by molar-refractivity contribution is -0.291. The van der Waals surface area contributed by atoms with Crippen LogP contribution in [-0.2, 0) is 23.8 Å². The zero-order chi connectivity index (χ0) is 29.8. The normalized spacial score (nSPS) is 36.5. The highest BCUT2D eigenvalue weighted by Crippen LogP contribution is 2.54. The summed E-state index contributed by atoms with van der Waals surface area (Å²) < 4.78 is 16.7. The minimum atomic E-state index is -1.87. The van der Waals surface area contributed by atoms with E-state index < -0.39 is 70.3 Å². The second-order valence-corrected chi connectivity index (χ2v) is 12.4. The number of esters is 2. The summed E-state index contributed by atoms with van der Waals surface area (Å²) in [5, 5.41) is 45.6. The van der Waals surface area contributed by atoms with Crippen LogP contribution in [0.4, 0.5) is 0 Å². The molecule has 2 fully saturated rings. The third-order valence-corrected chi connectivity index (χ3v) is 9.54. The van der Waals surface area contributed by atoms with E-state index in [4.69, 9.17) is 14.2 Å². The first kappa shape index (κ1) is 30.3. The molecule has 2 aliphatic carbocycles. The minimum Gasteiger partial charge on any atom is -0.456 e. The third kappa shape index (κ3) is 4.69. The predicted molar refractivity (Wildman–Crippen MR) is 142 cm³/mol. The van der Waals surface area contributed by atoms with Crippen molar-refractivity contribution in [2.24, 2.45) is 10.8 Å². The second kappa shape index (κ2) is 10.3. The Hall–Kier alpha value is -2.63. The first-order chi connectivity index (χ1) is 18.5. The van der Waals surface area contributed by atoms with Gasteiger partial charge in [-0.1, -0.05) is 32.0 Å². The van der Waals surface area contributed by atoms with Gasteiger partial charge < -0.3 is 34.6 Å². The Labute approximate surface area is 233 Å². The molecule has 1 saturated carbocycles. The maximum Gasteiger partial charge on any atom is 0.338 e. The van der Waals surface area contributed by atoms with Gasteiger partial charge in [0.25, 0.3) is 0 Å². The van der Waals surface area contributed by atoms with E-state index in [0.717, 1.165) is 0 Å². The summed E-state index contributed by atoms with van der Waals surface area (Å²) in [7, 11) is 0. The molecule has 1 aromatic rings. The number of aliphatic hydroxyl groups excluding tert-OH is 3. The molecule has 220 valence electrons. The van der Waals surface area contributed by atoms with Crippen LogP contribution in [0.2, 0.25) is 0 Å². The van der Waals surface area contributed by atoms with E-state index in [0.29, 0.717) is 5.57 Å². The molecule has 40 heavy (non-hydrogen) atoms. The molecule has 0 bridgehead atoms. The molecule has 1 heterocycles. The molecule has 4 N–H and O–H groups in total. The van der Waals surface area contributed by atoms with Crippen molar-refractivity contribution in [1.82, 2.24) is 0 Å². The maximum atomic E-state index is 14.0. The van der Waals surface area contributed by atoms with E-state index in [9.17, 15) is 34.8 Å². The number of carbonyl (C=O) groups excluding carboxylic acids is 3. The highest BCUT2D eigenvalue weighted by atomic mass is 16.6. The molecule has 10 heteroatoms. The highest BCUT2D eigenvalue weighted by Gasteiger charge is 2.65. The van der Waals surface area contributed by atoms with Gasteiger partial charge in [0.1, 0.15) is 23.9 Å². The molecule has 1 aliphatic heterocycles. The molecule has 0 amide bonds. The third-order valence-electron chi connectivity index (χ3n) is 9.54. The Morgan fingerprint density at radius 2 is 1.73 bits per heavy atom. The first-order valence-corrected chi connectivity index (χ1v) is 13.6. The Morgan fingerprint density at radius 1 is 1.10 bits per heavy atom. The van der Waals surface area contributed by atoms with E-state index in [-0.39, 0.29) is 37.0 Å². The van der Waals surface area contributed by atoms with Gasteiger partial charge in [-0.3, -0.25) is 9.59 Å². The zero-order valence-corrected chi connectivity index (χ0v) is 23.8. The van der Waals surface area contributed by atoms with Crippen molar-refractivity contribution in [1.29, 1.82) is 0 Å². The van der Waals surface area contributed by atoms with Gasteiger partial charge in [-0.2, -0.15) is 0 Å². The van der Waals surface area contributed by atoms with Gasteiger partial charge >= 0.3 is 11.9 Å². The second-order valence-electron chi connectivity index (χ2n) is 12.4. The van der Waals surface area contributed by atoms with Crippen LogP contribution in [0.3, 0.4) is 0 Å². The predicted octanol–water partition coefficient (Wildman–Crippen LogP) is 1.86. The smallest absolute Gasteiger partial charge is 0.338 e. The summed E-state index contributed by atoms with van der Waals surface area (Å²) >= 11 is 0. The fourth-order valence-corrected chi connectivity index (χ4v) is 6.89. The quantitative estimate of drug-likeness (QED) is 0.286. The van der Waals surface area contributed by atoms with Crippen LogP contribution in [0.15, 0.2) is 41.5 Å². The van der Waals surface area contributed by atoms with Gasteiger partial charge in [-0.25, -0.2) is 4.79 Å². The van der Waals surface area contributed by atoms with Crippen LogP contribution >= 0.6 is 0 Å². The highest BCUT2D eigenvalue weighted by molar-refractivity contribution is 5.92. The first-order valence-electron chi connectivity index (χ1n) is 13.6. The number of benzene rings is 1. The van der Waals surface area contributed by atoms with Gasteiger partial charge in [-0.05, 0) is 44.1 Å². The van der Waals surface area contributed by atoms with Crippen molar-refractivity contribution in [3.05, 3.63) is 47.0 Å². The van der Waals surface area contributed by atoms with E-state index in [1.54, 1.807) is 51.1 Å². The average molecular weight is 561 g/mol. The molecule has 10 nitrogen and oxygen atoms in total. The Kier molecular flexibility index (Phi) is 7.83. The molecule has 8 atom stereocenters. The van der Waals surface area contributed by atoms with Crippen molar-refractivity contribution in [2.75, 3.05) is 6.61 Å². The summed E-state index contributed by atoms with van der Waals surface area (Å²) in [4.78, 5) is 38.7. The number of carbonyl (C=O) groups is 3. The summed E-state index contributed by atoms with van der Waals surface area (Å²) in [5.41, 5.74) is -5.16. The molecule has 0 aromatic heterocycles. The Balaban J connectivity index is 1.65. The van der Waals surface area contributed by atoms with E-state index >= 15 is 0 Å². The maximum absolute atomic E-state index is 14.0. The average Bonchev–Trinajstić information content (AvgIpc) is 2.88. The Bertz CT molecular complexity index is 1210. The van der Waals surface area contributed by atoms with Gasteiger partial charge in [0.15, 0.2) is 11.4 Å². The van der Waals surface area contributed by atoms with E-state index in [1.165, 1.54) is 20.8 Å². The van der Waals surface area contributed by atoms with Crippen molar-refractivity contribution in [3.63, 3.8) is 0 Å². The molecular formula is C30H40O10. The van der Waals surface area contributed by atoms with Crippen LogP contribution in [0.25, 0.3) is 0 Å². The molecule has 4 rings (SSSR count). The van der Waals surface area contributed by atoms with E-state index in [2.05, 4.69) is 0 Å². The topological polar surface area (TPSA) is 160 Å². The summed E-state index contributed by atoms with van der Waals surface area (Å²) in [5.74, 6) is -1.94. The van der Waals surface area contributed by atoms with Crippen molar-refractivity contribution < 1.29 is 49.0 Å². The van der Waals surface area contributed by atoms with E-state index in [1.807, 2.05) is 0 Å². The molecule has 8 unspecified atom stereocenters. The summed E-state index contributed by atoms with van der Waals surface area (Å²) in [6, 6.07) is 8.27. The number of hydrogen-bond acceptors (Lipinski definition) is 10. The van der Waals surface area contributed by atoms with Crippen molar-refractivity contribution >= 4 is 17.7 Å². The lowest BCUT2D eigenvalue weighted by Crippen LogP contribution is -2.70. The SMILES string of the molecule is CC(=O)OC12COC1CC(O)C(C)(C(=O)C(O)C1=C(C)C(O)CC(O)(C(C)OC(=O)c3ccccc3)C1(C)C)C2. The van der Waals surface area contributed by atoms with Crippen LogP contribution in [0.5, 0.6) is 0 Å². The number of hydrogen-bond donors (Lipinski definition) is 4. The lowest BCUT2D eigenvalue weighted by atomic mass is 9.55. The fourth-order valence-electron chi connectivity index (χ4n) is 6.89. The number of ketones is 1. The standard InChI is InChI=1S/C30H40O10/c1-16-20(32)13-30(37,17(2)39-26(36)19-10-8-7-9-11-19)27(4,5)23(16)24(34)25(35)28(6)14-29(40-18(3)31)15-38-22(29)12-21(28)33/h7-11,17,20-22,24,32-34,37H,12-15H2,1-6H3. The number of ether oxygens (including phenoxy) is 3. The van der Waals surface area contributed by atoms with Crippen LogP contribution < -0.4 is 0 Å². The molecule has 0 spiro atoms. The molecule has 1 saturated heterocycles. The number of rotatable bonds is 7. The number of Topliss-reactive ketones (excluding diaryl/α,β-unsaturated/α-hetero) is 1. The lowest BCUT2D eigenvalue weighted by Gasteiger charge is -2.57. The molecule has 0 radical (unpaired) electrons. The fraction of sp³-hybridized carbons (Fsp3) is 0.633. The molecular weight excluding hydrogens is 520 g/mol. The van der Waals surface area contributed by atoms with Gasteiger partial charge in [0.2, 0.25) is 0 Å².